The van der Waals surface area contributed by atoms with Crippen molar-refractivity contribution in [1.29, 1.82) is 0 Å². The third-order valence-electron chi connectivity index (χ3n) is 4.06. The van der Waals surface area contributed by atoms with Crippen LogP contribution < -0.4 is 10.6 Å². The van der Waals surface area contributed by atoms with Crippen molar-refractivity contribution in [3.63, 3.8) is 0 Å². The van der Waals surface area contributed by atoms with Crippen LogP contribution in [0.2, 0.25) is 0 Å². The number of aryl methyl sites for hydroxylation is 1. The summed E-state index contributed by atoms with van der Waals surface area (Å²) in [7, 11) is 0. The number of amides is 2. The van der Waals surface area contributed by atoms with E-state index in [1.165, 1.54) is 5.56 Å². The SMILES string of the molecule is CC(C)(C(=O)NCCCc1ccccc1)C(=O)NCc1ccccn1. The molecule has 1 aromatic carbocycles. The topological polar surface area (TPSA) is 71.1 Å². The van der Waals surface area contributed by atoms with Gasteiger partial charge in [0.05, 0.1) is 12.2 Å². The van der Waals surface area contributed by atoms with Crippen molar-refractivity contribution >= 4 is 11.8 Å². The Balaban J connectivity index is 1.75. The Morgan fingerprint density at radius 3 is 2.32 bits per heavy atom. The molecule has 0 aliphatic rings. The quantitative estimate of drug-likeness (QED) is 0.573. The monoisotopic (exact) mass is 339 g/mol. The van der Waals surface area contributed by atoms with Gasteiger partial charge >= 0.3 is 0 Å². The van der Waals surface area contributed by atoms with Crippen LogP contribution in [0.3, 0.4) is 0 Å². The van der Waals surface area contributed by atoms with E-state index in [0.717, 1.165) is 18.5 Å². The zero-order valence-electron chi connectivity index (χ0n) is 14.8. The molecule has 0 aliphatic heterocycles. The van der Waals surface area contributed by atoms with Gasteiger partial charge in [-0.2, -0.15) is 0 Å². The first-order valence-electron chi connectivity index (χ1n) is 8.50. The highest BCUT2D eigenvalue weighted by atomic mass is 16.2. The smallest absolute Gasteiger partial charge is 0.235 e. The molecule has 2 rings (SSSR count). The number of benzene rings is 1. The van der Waals surface area contributed by atoms with Gasteiger partial charge in [0, 0.05) is 12.7 Å². The number of nitrogens with zero attached hydrogens (tertiary/aromatic N) is 1. The predicted octanol–water partition coefficient (Wildman–Crippen LogP) is 2.47. The maximum atomic E-state index is 12.3. The van der Waals surface area contributed by atoms with Crippen molar-refractivity contribution in [2.24, 2.45) is 5.41 Å². The van der Waals surface area contributed by atoms with Crippen molar-refractivity contribution in [2.75, 3.05) is 6.54 Å². The minimum Gasteiger partial charge on any atom is -0.355 e. The van der Waals surface area contributed by atoms with Gasteiger partial charge in [0.2, 0.25) is 11.8 Å². The van der Waals surface area contributed by atoms with E-state index in [0.29, 0.717) is 13.1 Å². The summed E-state index contributed by atoms with van der Waals surface area (Å²) >= 11 is 0. The maximum absolute atomic E-state index is 12.3. The number of rotatable bonds is 8. The second kappa shape index (κ2) is 8.97. The Bertz CT molecular complexity index is 685. The lowest BCUT2D eigenvalue weighted by Crippen LogP contribution is -2.47. The number of pyridine rings is 1. The summed E-state index contributed by atoms with van der Waals surface area (Å²) in [5, 5.41) is 5.63. The van der Waals surface area contributed by atoms with E-state index in [1.807, 2.05) is 36.4 Å². The Labute approximate surface area is 148 Å². The van der Waals surface area contributed by atoms with E-state index in [2.05, 4.69) is 27.8 Å². The molecule has 0 spiro atoms. The molecule has 2 N–H and O–H groups in total. The molecule has 2 amide bonds. The van der Waals surface area contributed by atoms with Gasteiger partial charge in [-0.1, -0.05) is 36.4 Å². The van der Waals surface area contributed by atoms with Crippen LogP contribution in [0.4, 0.5) is 0 Å². The van der Waals surface area contributed by atoms with E-state index < -0.39 is 5.41 Å². The molecule has 0 atom stereocenters. The molecule has 0 bridgehead atoms. The Kier molecular flexibility index (Phi) is 6.69. The molecule has 5 heteroatoms. The van der Waals surface area contributed by atoms with Crippen LogP contribution in [0.1, 0.15) is 31.5 Å². The summed E-state index contributed by atoms with van der Waals surface area (Å²) < 4.78 is 0. The van der Waals surface area contributed by atoms with Gasteiger partial charge in [0.25, 0.3) is 0 Å². The Morgan fingerprint density at radius 2 is 1.64 bits per heavy atom. The molecule has 0 saturated carbocycles. The molecule has 0 unspecified atom stereocenters. The Morgan fingerprint density at radius 1 is 0.960 bits per heavy atom. The molecule has 0 fully saturated rings. The van der Waals surface area contributed by atoms with Crippen LogP contribution in [0, 0.1) is 5.41 Å². The molecule has 1 heterocycles. The fraction of sp³-hybridized carbons (Fsp3) is 0.350. The lowest BCUT2D eigenvalue weighted by atomic mass is 9.91. The van der Waals surface area contributed by atoms with Crippen LogP contribution in [0.5, 0.6) is 0 Å². The fourth-order valence-corrected chi connectivity index (χ4v) is 2.36. The lowest BCUT2D eigenvalue weighted by molar-refractivity contribution is -0.141. The van der Waals surface area contributed by atoms with Gasteiger partial charge in [-0.3, -0.25) is 14.6 Å². The normalized spacial score (nSPS) is 11.0. The lowest BCUT2D eigenvalue weighted by Gasteiger charge is -2.22. The summed E-state index contributed by atoms with van der Waals surface area (Å²) in [6, 6.07) is 15.6. The average molecular weight is 339 g/mol. The van der Waals surface area contributed by atoms with Crippen LogP contribution in [0.15, 0.2) is 54.7 Å². The van der Waals surface area contributed by atoms with Gasteiger partial charge in [0.1, 0.15) is 5.41 Å². The number of nitrogens with one attached hydrogen (secondary N) is 2. The molecule has 2 aromatic rings. The van der Waals surface area contributed by atoms with E-state index in [-0.39, 0.29) is 11.8 Å². The van der Waals surface area contributed by atoms with Crippen molar-refractivity contribution < 1.29 is 9.59 Å². The zero-order chi connectivity index (χ0) is 18.1. The van der Waals surface area contributed by atoms with E-state index in [1.54, 1.807) is 20.0 Å². The van der Waals surface area contributed by atoms with Crippen LogP contribution in [-0.4, -0.2) is 23.3 Å². The summed E-state index contributed by atoms with van der Waals surface area (Å²) in [6.45, 7) is 4.12. The highest BCUT2D eigenvalue weighted by molar-refractivity contribution is 6.04. The minimum atomic E-state index is -1.12. The summed E-state index contributed by atoms with van der Waals surface area (Å²) in [6.07, 6.45) is 3.40. The summed E-state index contributed by atoms with van der Waals surface area (Å²) in [4.78, 5) is 28.8. The molecular formula is C20H25N3O2. The van der Waals surface area contributed by atoms with Crippen LogP contribution in [0.25, 0.3) is 0 Å². The third-order valence-corrected chi connectivity index (χ3v) is 4.06. The number of carbonyl (C=O) groups is 2. The minimum absolute atomic E-state index is 0.265. The first kappa shape index (κ1) is 18.6. The zero-order valence-corrected chi connectivity index (χ0v) is 14.8. The third kappa shape index (κ3) is 5.71. The van der Waals surface area contributed by atoms with Crippen molar-refractivity contribution in [3.05, 3.63) is 66.0 Å². The molecule has 132 valence electrons. The van der Waals surface area contributed by atoms with Crippen molar-refractivity contribution in [2.45, 2.75) is 33.2 Å². The van der Waals surface area contributed by atoms with Gasteiger partial charge in [-0.15, -0.1) is 0 Å². The number of aromatic nitrogens is 1. The number of hydrogen-bond donors (Lipinski definition) is 2. The first-order valence-corrected chi connectivity index (χ1v) is 8.50. The molecule has 0 saturated heterocycles. The molecule has 1 aromatic heterocycles. The average Bonchev–Trinajstić information content (AvgIpc) is 2.64. The Hall–Kier alpha value is -2.69. The van der Waals surface area contributed by atoms with Gasteiger partial charge < -0.3 is 10.6 Å². The second-order valence-electron chi connectivity index (χ2n) is 6.47. The standard InChI is InChI=1S/C20H25N3O2/c1-20(2,19(25)23-15-17-12-6-7-13-21-17)18(24)22-14-8-11-16-9-4-3-5-10-16/h3-7,9-10,12-13H,8,11,14-15H2,1-2H3,(H,22,24)(H,23,25). The van der Waals surface area contributed by atoms with Crippen molar-refractivity contribution in [1.82, 2.24) is 15.6 Å². The molecular weight excluding hydrogens is 314 g/mol. The van der Waals surface area contributed by atoms with E-state index in [4.69, 9.17) is 0 Å². The summed E-state index contributed by atoms with van der Waals surface area (Å²) in [5.41, 5.74) is 0.876. The fourth-order valence-electron chi connectivity index (χ4n) is 2.36. The molecule has 5 nitrogen and oxygen atoms in total. The van der Waals surface area contributed by atoms with E-state index >= 15 is 0 Å². The number of carbonyl (C=O) groups excluding carboxylic acids is 2. The molecule has 0 radical (unpaired) electrons. The highest BCUT2D eigenvalue weighted by Crippen LogP contribution is 2.15. The maximum Gasteiger partial charge on any atom is 0.235 e. The van der Waals surface area contributed by atoms with E-state index in [9.17, 15) is 9.59 Å². The summed E-state index contributed by atoms with van der Waals surface area (Å²) in [5.74, 6) is -0.571. The van der Waals surface area contributed by atoms with Crippen molar-refractivity contribution in [3.8, 4) is 0 Å². The van der Waals surface area contributed by atoms with Gasteiger partial charge in [-0.05, 0) is 44.4 Å². The van der Waals surface area contributed by atoms with Gasteiger partial charge in [0.15, 0.2) is 0 Å². The van der Waals surface area contributed by atoms with Gasteiger partial charge in [-0.25, -0.2) is 0 Å². The number of hydrogen-bond acceptors (Lipinski definition) is 3. The largest absolute Gasteiger partial charge is 0.355 e. The molecule has 25 heavy (non-hydrogen) atoms. The van der Waals surface area contributed by atoms with Crippen LogP contribution in [-0.2, 0) is 22.6 Å². The second-order valence-corrected chi connectivity index (χ2v) is 6.47. The highest BCUT2D eigenvalue weighted by Gasteiger charge is 2.35. The molecule has 0 aliphatic carbocycles. The predicted molar refractivity (Wildman–Crippen MR) is 97.6 cm³/mol. The first-order chi connectivity index (χ1) is 12.0. The van der Waals surface area contributed by atoms with Crippen LogP contribution >= 0.6 is 0 Å².